The van der Waals surface area contributed by atoms with Crippen LogP contribution in [0.1, 0.15) is 57.1 Å². The van der Waals surface area contributed by atoms with E-state index in [0.29, 0.717) is 29.8 Å². The monoisotopic (exact) mass is 328 g/mol. The molecule has 2 fully saturated rings. The highest BCUT2D eigenvalue weighted by Gasteiger charge is 2.58. The summed E-state index contributed by atoms with van der Waals surface area (Å²) in [7, 11) is 1.76. The van der Waals surface area contributed by atoms with Gasteiger partial charge in [0.05, 0.1) is 7.11 Å². The molecule has 3 aliphatic rings. The van der Waals surface area contributed by atoms with Crippen LogP contribution in [-0.2, 0) is 6.42 Å². The van der Waals surface area contributed by atoms with Crippen LogP contribution < -0.4 is 4.74 Å². The normalized spacial score (nSPS) is 43.7. The number of hydrogen-bond acceptors (Lipinski definition) is 2. The third-order valence-electron chi connectivity index (χ3n) is 8.08. The van der Waals surface area contributed by atoms with Gasteiger partial charge in [-0.2, -0.15) is 0 Å². The molecule has 24 heavy (non-hydrogen) atoms. The van der Waals surface area contributed by atoms with Crippen molar-refractivity contribution in [2.24, 2.45) is 35.0 Å². The molecular formula is C22H32O2. The van der Waals surface area contributed by atoms with Crippen molar-refractivity contribution in [2.75, 3.05) is 13.7 Å². The fraction of sp³-hybridized carbons (Fsp3) is 0.727. The van der Waals surface area contributed by atoms with Gasteiger partial charge in [0, 0.05) is 6.61 Å². The Bertz CT molecular complexity index is 624. The molecule has 0 saturated heterocycles. The van der Waals surface area contributed by atoms with Gasteiger partial charge >= 0.3 is 0 Å². The molecule has 1 aromatic carbocycles. The Balaban J connectivity index is 1.72. The first kappa shape index (κ1) is 16.4. The molecular weight excluding hydrogens is 296 g/mol. The van der Waals surface area contributed by atoms with E-state index in [9.17, 15) is 5.11 Å². The Hall–Kier alpha value is -1.02. The van der Waals surface area contributed by atoms with Crippen molar-refractivity contribution in [1.29, 1.82) is 0 Å². The number of rotatable bonds is 2. The fourth-order valence-corrected chi connectivity index (χ4v) is 6.94. The van der Waals surface area contributed by atoms with Crippen LogP contribution in [-0.4, -0.2) is 18.8 Å². The van der Waals surface area contributed by atoms with Gasteiger partial charge < -0.3 is 9.84 Å². The molecule has 2 nitrogen and oxygen atoms in total. The first-order valence-corrected chi connectivity index (χ1v) is 9.77. The topological polar surface area (TPSA) is 29.5 Å². The molecule has 7 atom stereocenters. The van der Waals surface area contributed by atoms with E-state index in [-0.39, 0.29) is 0 Å². The van der Waals surface area contributed by atoms with Crippen LogP contribution in [0.25, 0.3) is 0 Å². The standard InChI is InChI=1S/C22H32O2/c1-13-10-19-21-14(2)9-15-11-16(24-4)5-6-17(15)18(21)7-8-22(19,3)20(13)12-23/h5-6,11,13-14,18-21,23H,7-10,12H2,1-4H3/t13-,14+,18+,19+,20-,21+,22-/m0/s1. The van der Waals surface area contributed by atoms with E-state index in [1.54, 1.807) is 12.7 Å². The Morgan fingerprint density at radius 3 is 2.75 bits per heavy atom. The second-order valence-corrected chi connectivity index (χ2v) is 9.08. The van der Waals surface area contributed by atoms with Crippen molar-refractivity contribution in [3.05, 3.63) is 29.3 Å². The average molecular weight is 328 g/mol. The Labute approximate surface area is 146 Å². The zero-order valence-corrected chi connectivity index (χ0v) is 15.6. The van der Waals surface area contributed by atoms with Crippen molar-refractivity contribution in [2.45, 2.75) is 52.4 Å². The molecule has 132 valence electrons. The molecule has 0 amide bonds. The number of aliphatic hydroxyl groups is 1. The SMILES string of the molecule is COc1ccc2c(c1)C[C@@H](C)[C@@H]1[C@@H]2CC[C@@]2(C)[C@@H]1C[C@H](C)[C@@H]2CO. The first-order valence-electron chi connectivity index (χ1n) is 9.77. The predicted molar refractivity (Wildman–Crippen MR) is 97.3 cm³/mol. The maximum atomic E-state index is 10.0. The minimum atomic E-state index is 0.341. The zero-order valence-electron chi connectivity index (χ0n) is 15.6. The van der Waals surface area contributed by atoms with Crippen molar-refractivity contribution in [3.8, 4) is 5.75 Å². The molecule has 1 aromatic rings. The van der Waals surface area contributed by atoms with Gasteiger partial charge in [-0.1, -0.05) is 26.8 Å². The van der Waals surface area contributed by atoms with Crippen LogP contribution in [0.2, 0.25) is 0 Å². The number of aliphatic hydroxyl groups excluding tert-OH is 1. The molecule has 0 radical (unpaired) electrons. The smallest absolute Gasteiger partial charge is 0.119 e. The van der Waals surface area contributed by atoms with Gasteiger partial charge in [0.1, 0.15) is 5.75 Å². The third kappa shape index (κ3) is 2.18. The molecule has 0 heterocycles. The van der Waals surface area contributed by atoms with Crippen molar-refractivity contribution in [3.63, 3.8) is 0 Å². The summed E-state index contributed by atoms with van der Waals surface area (Å²) in [5.74, 6) is 5.13. The molecule has 0 aromatic heterocycles. The number of ether oxygens (including phenoxy) is 1. The van der Waals surface area contributed by atoms with Crippen LogP contribution >= 0.6 is 0 Å². The molecule has 1 N–H and O–H groups in total. The quantitative estimate of drug-likeness (QED) is 0.856. The van der Waals surface area contributed by atoms with Crippen LogP contribution in [0.3, 0.4) is 0 Å². The molecule has 0 unspecified atom stereocenters. The lowest BCUT2D eigenvalue weighted by Gasteiger charge is -2.53. The lowest BCUT2D eigenvalue weighted by molar-refractivity contribution is -0.0118. The van der Waals surface area contributed by atoms with Gasteiger partial charge in [-0.05, 0) is 89.9 Å². The fourth-order valence-electron chi connectivity index (χ4n) is 6.94. The van der Waals surface area contributed by atoms with E-state index in [2.05, 4.69) is 39.0 Å². The second kappa shape index (κ2) is 5.76. The maximum Gasteiger partial charge on any atom is 0.119 e. The Kier molecular flexibility index (Phi) is 3.95. The highest BCUT2D eigenvalue weighted by Crippen LogP contribution is 2.65. The first-order chi connectivity index (χ1) is 11.5. The van der Waals surface area contributed by atoms with Crippen molar-refractivity contribution >= 4 is 0 Å². The summed E-state index contributed by atoms with van der Waals surface area (Å²) >= 11 is 0. The summed E-state index contributed by atoms with van der Waals surface area (Å²) < 4.78 is 5.45. The lowest BCUT2D eigenvalue weighted by atomic mass is 9.52. The van der Waals surface area contributed by atoms with Gasteiger partial charge in [0.15, 0.2) is 0 Å². The molecule has 2 saturated carbocycles. The van der Waals surface area contributed by atoms with Crippen molar-refractivity contribution in [1.82, 2.24) is 0 Å². The molecule has 0 bridgehead atoms. The van der Waals surface area contributed by atoms with E-state index in [4.69, 9.17) is 4.74 Å². The van der Waals surface area contributed by atoms with Gasteiger partial charge in [-0.15, -0.1) is 0 Å². The lowest BCUT2D eigenvalue weighted by Crippen LogP contribution is -2.46. The van der Waals surface area contributed by atoms with Gasteiger partial charge in [0.25, 0.3) is 0 Å². The predicted octanol–water partition coefficient (Wildman–Crippen LogP) is 4.65. The maximum absolute atomic E-state index is 10.0. The molecule has 0 aliphatic heterocycles. The summed E-state index contributed by atoms with van der Waals surface area (Å²) in [6.07, 6.45) is 5.04. The van der Waals surface area contributed by atoms with Gasteiger partial charge in [-0.3, -0.25) is 0 Å². The van der Waals surface area contributed by atoms with Crippen LogP contribution in [0.4, 0.5) is 0 Å². The summed E-state index contributed by atoms with van der Waals surface area (Å²) in [6.45, 7) is 7.68. The molecule has 3 aliphatic carbocycles. The van der Waals surface area contributed by atoms with E-state index >= 15 is 0 Å². The van der Waals surface area contributed by atoms with Crippen LogP contribution in [0.5, 0.6) is 5.75 Å². The second-order valence-electron chi connectivity index (χ2n) is 9.08. The van der Waals surface area contributed by atoms with Crippen LogP contribution in [0.15, 0.2) is 18.2 Å². The van der Waals surface area contributed by atoms with E-state index in [0.717, 1.165) is 23.5 Å². The molecule has 4 rings (SSSR count). The third-order valence-corrected chi connectivity index (χ3v) is 8.08. The van der Waals surface area contributed by atoms with Gasteiger partial charge in [0.2, 0.25) is 0 Å². The van der Waals surface area contributed by atoms with E-state index < -0.39 is 0 Å². The largest absolute Gasteiger partial charge is 0.497 e. The highest BCUT2D eigenvalue weighted by molar-refractivity contribution is 5.41. The number of fused-ring (bicyclic) bond motifs is 5. The minimum Gasteiger partial charge on any atom is -0.497 e. The summed E-state index contributed by atoms with van der Waals surface area (Å²) in [5, 5.41) is 10.0. The number of benzene rings is 1. The Morgan fingerprint density at radius 2 is 2.04 bits per heavy atom. The summed E-state index contributed by atoms with van der Waals surface area (Å²) in [4.78, 5) is 0. The Morgan fingerprint density at radius 1 is 1.25 bits per heavy atom. The van der Waals surface area contributed by atoms with E-state index in [1.807, 2.05) is 0 Å². The van der Waals surface area contributed by atoms with Crippen LogP contribution in [0, 0.1) is 35.0 Å². The van der Waals surface area contributed by atoms with E-state index in [1.165, 1.54) is 31.2 Å². The summed E-state index contributed by atoms with van der Waals surface area (Å²) in [6, 6.07) is 6.75. The zero-order chi connectivity index (χ0) is 17.1. The van der Waals surface area contributed by atoms with Gasteiger partial charge in [-0.25, -0.2) is 0 Å². The summed E-state index contributed by atoms with van der Waals surface area (Å²) in [5.41, 5.74) is 3.44. The number of methoxy groups -OCH3 is 1. The highest BCUT2D eigenvalue weighted by atomic mass is 16.5. The molecule has 0 spiro atoms. The average Bonchev–Trinajstić information content (AvgIpc) is 2.83. The number of hydrogen-bond donors (Lipinski definition) is 1. The minimum absolute atomic E-state index is 0.341. The molecule has 2 heteroatoms. The van der Waals surface area contributed by atoms with Crippen molar-refractivity contribution < 1.29 is 9.84 Å².